The Morgan fingerprint density at radius 2 is 2.35 bits per heavy atom. The van der Waals surface area contributed by atoms with E-state index in [1.165, 1.54) is 25.7 Å². The summed E-state index contributed by atoms with van der Waals surface area (Å²) in [6.45, 7) is 1.21. The summed E-state index contributed by atoms with van der Waals surface area (Å²) >= 11 is 6.20. The lowest BCUT2D eigenvalue weighted by Gasteiger charge is -2.24. The quantitative estimate of drug-likeness (QED) is 0.878. The van der Waals surface area contributed by atoms with Gasteiger partial charge in [-0.15, -0.1) is 0 Å². The summed E-state index contributed by atoms with van der Waals surface area (Å²) in [6, 6.07) is 0. The molecule has 1 aromatic heterocycles. The van der Waals surface area contributed by atoms with Crippen molar-refractivity contribution < 1.29 is 9.84 Å². The van der Waals surface area contributed by atoms with Crippen molar-refractivity contribution in [3.8, 4) is 0 Å². The number of aliphatic hydroxyl groups excluding tert-OH is 1. The van der Waals surface area contributed by atoms with Crippen LogP contribution in [0.5, 0.6) is 0 Å². The zero-order valence-electron chi connectivity index (χ0n) is 12.0. The van der Waals surface area contributed by atoms with Gasteiger partial charge in [-0.2, -0.15) is 5.10 Å². The van der Waals surface area contributed by atoms with E-state index in [2.05, 4.69) is 5.10 Å². The fourth-order valence-corrected chi connectivity index (χ4v) is 4.39. The van der Waals surface area contributed by atoms with Crippen LogP contribution in [0.3, 0.4) is 0 Å². The van der Waals surface area contributed by atoms with Crippen LogP contribution in [0, 0.1) is 17.8 Å². The lowest BCUT2D eigenvalue weighted by atomic mass is 9.84. The van der Waals surface area contributed by atoms with Gasteiger partial charge in [0.15, 0.2) is 0 Å². The van der Waals surface area contributed by atoms with E-state index in [0.717, 1.165) is 24.0 Å². The minimum absolute atomic E-state index is 0.508. The molecule has 2 bridgehead atoms. The highest BCUT2D eigenvalue weighted by atomic mass is 35.5. The van der Waals surface area contributed by atoms with Crippen molar-refractivity contribution in [2.75, 3.05) is 13.7 Å². The molecule has 112 valence electrons. The molecule has 0 saturated heterocycles. The molecule has 2 saturated carbocycles. The number of ether oxygens (including phenoxy) is 1. The van der Waals surface area contributed by atoms with Gasteiger partial charge < -0.3 is 9.84 Å². The van der Waals surface area contributed by atoms with Crippen molar-refractivity contribution >= 4 is 11.6 Å². The van der Waals surface area contributed by atoms with Crippen LogP contribution in [0.1, 0.15) is 43.9 Å². The van der Waals surface area contributed by atoms with Crippen LogP contribution in [0.25, 0.3) is 0 Å². The zero-order valence-corrected chi connectivity index (χ0v) is 12.7. The van der Waals surface area contributed by atoms with Crippen LogP contribution in [0.15, 0.2) is 6.20 Å². The first-order valence-corrected chi connectivity index (χ1v) is 7.95. The van der Waals surface area contributed by atoms with Gasteiger partial charge in [0.05, 0.1) is 36.2 Å². The van der Waals surface area contributed by atoms with Gasteiger partial charge in [-0.1, -0.05) is 18.0 Å². The smallest absolute Gasteiger partial charge is 0.0974 e. The molecule has 1 aromatic rings. The largest absolute Gasteiger partial charge is 0.387 e. The fraction of sp³-hybridized carbons (Fsp3) is 0.800. The maximum atomic E-state index is 10.6. The number of nitrogens with zero attached hydrogens (tertiary/aromatic N) is 2. The van der Waals surface area contributed by atoms with Gasteiger partial charge in [-0.05, 0) is 43.4 Å². The van der Waals surface area contributed by atoms with Crippen molar-refractivity contribution in [3.05, 3.63) is 16.9 Å². The maximum absolute atomic E-state index is 10.6. The van der Waals surface area contributed by atoms with E-state index in [1.54, 1.807) is 18.0 Å². The van der Waals surface area contributed by atoms with E-state index < -0.39 is 6.10 Å². The Morgan fingerprint density at radius 3 is 3.00 bits per heavy atom. The molecule has 4 unspecified atom stereocenters. The molecule has 5 heteroatoms. The molecule has 3 rings (SSSR count). The summed E-state index contributed by atoms with van der Waals surface area (Å²) < 4.78 is 6.86. The van der Waals surface area contributed by atoms with Gasteiger partial charge in [-0.3, -0.25) is 4.68 Å². The summed E-state index contributed by atoms with van der Waals surface area (Å²) in [5, 5.41) is 15.4. The fourth-order valence-electron chi connectivity index (χ4n) is 4.12. The minimum Gasteiger partial charge on any atom is -0.387 e. The number of fused-ring (bicyclic) bond motifs is 2. The summed E-state index contributed by atoms with van der Waals surface area (Å²) in [5.74, 6) is 2.39. The molecule has 0 radical (unpaired) electrons. The molecule has 0 aliphatic heterocycles. The molecule has 4 nitrogen and oxygen atoms in total. The Morgan fingerprint density at radius 1 is 1.50 bits per heavy atom. The summed E-state index contributed by atoms with van der Waals surface area (Å²) in [4.78, 5) is 0. The van der Waals surface area contributed by atoms with Gasteiger partial charge >= 0.3 is 0 Å². The van der Waals surface area contributed by atoms with Crippen LogP contribution in [0.2, 0.25) is 5.02 Å². The highest BCUT2D eigenvalue weighted by molar-refractivity contribution is 6.31. The second kappa shape index (κ2) is 6.04. The van der Waals surface area contributed by atoms with E-state index in [4.69, 9.17) is 16.3 Å². The van der Waals surface area contributed by atoms with Gasteiger partial charge in [0.25, 0.3) is 0 Å². The molecule has 1 N–H and O–H groups in total. The maximum Gasteiger partial charge on any atom is 0.0974 e. The van der Waals surface area contributed by atoms with E-state index in [0.29, 0.717) is 24.1 Å². The zero-order chi connectivity index (χ0) is 14.1. The molecule has 2 fully saturated rings. The molecule has 2 aliphatic carbocycles. The molecule has 4 atom stereocenters. The normalized spacial score (nSPS) is 30.1. The highest BCUT2D eigenvalue weighted by Gasteiger charge is 2.40. The van der Waals surface area contributed by atoms with E-state index in [-0.39, 0.29) is 0 Å². The van der Waals surface area contributed by atoms with Gasteiger partial charge in [-0.25, -0.2) is 0 Å². The first-order chi connectivity index (χ1) is 9.69. The van der Waals surface area contributed by atoms with Gasteiger partial charge in [0.2, 0.25) is 0 Å². The summed E-state index contributed by atoms with van der Waals surface area (Å²) in [5.41, 5.74) is 0.756. The number of aromatic nitrogens is 2. The highest BCUT2D eigenvalue weighted by Crippen LogP contribution is 2.51. The summed E-state index contributed by atoms with van der Waals surface area (Å²) in [7, 11) is 1.66. The number of hydrogen-bond donors (Lipinski definition) is 1. The van der Waals surface area contributed by atoms with Gasteiger partial charge in [0, 0.05) is 7.11 Å². The topological polar surface area (TPSA) is 47.3 Å². The number of halogens is 1. The molecular weight excluding hydrogens is 276 g/mol. The predicted molar refractivity (Wildman–Crippen MR) is 77.6 cm³/mol. The van der Waals surface area contributed by atoms with Crippen LogP contribution in [0.4, 0.5) is 0 Å². The Kier molecular flexibility index (Phi) is 4.34. The van der Waals surface area contributed by atoms with Crippen LogP contribution < -0.4 is 0 Å². The van der Waals surface area contributed by atoms with Crippen LogP contribution in [-0.4, -0.2) is 28.6 Å². The van der Waals surface area contributed by atoms with Crippen LogP contribution >= 0.6 is 11.6 Å². The van der Waals surface area contributed by atoms with Crippen molar-refractivity contribution in [2.24, 2.45) is 17.8 Å². The first kappa shape index (κ1) is 14.4. The second-order valence-electron chi connectivity index (χ2n) is 6.28. The lowest BCUT2D eigenvalue weighted by Crippen LogP contribution is -2.18. The molecular formula is C15H23ClN2O2. The number of methoxy groups -OCH3 is 1. The van der Waals surface area contributed by atoms with Crippen LogP contribution in [-0.2, 0) is 11.3 Å². The molecule has 1 heterocycles. The standard InChI is InChI=1S/C15H23ClN2O2/c1-20-5-4-18-15(13(16)9-17-18)14(19)8-12-7-10-2-3-11(12)6-10/h9-12,14,19H,2-8H2,1H3. The predicted octanol–water partition coefficient (Wildman–Crippen LogP) is 3.04. The first-order valence-electron chi connectivity index (χ1n) is 7.57. The third kappa shape index (κ3) is 2.74. The third-order valence-corrected chi connectivity index (χ3v) is 5.36. The second-order valence-corrected chi connectivity index (χ2v) is 6.69. The number of aliphatic hydroxyl groups is 1. The lowest BCUT2D eigenvalue weighted by molar-refractivity contribution is 0.113. The minimum atomic E-state index is -0.508. The Balaban J connectivity index is 1.67. The monoisotopic (exact) mass is 298 g/mol. The Labute approximate surface area is 125 Å². The van der Waals surface area contributed by atoms with Crippen molar-refractivity contribution in [3.63, 3.8) is 0 Å². The Hall–Kier alpha value is -0.580. The number of hydrogen-bond acceptors (Lipinski definition) is 3. The number of rotatable bonds is 6. The summed E-state index contributed by atoms with van der Waals surface area (Å²) in [6.07, 6.45) is 7.32. The average molecular weight is 299 g/mol. The van der Waals surface area contributed by atoms with Crippen molar-refractivity contribution in [2.45, 2.75) is 44.8 Å². The molecule has 0 amide bonds. The average Bonchev–Trinajstić information content (AvgIpc) is 3.11. The molecule has 0 aromatic carbocycles. The van der Waals surface area contributed by atoms with E-state index in [1.807, 2.05) is 0 Å². The van der Waals surface area contributed by atoms with E-state index in [9.17, 15) is 5.11 Å². The molecule has 2 aliphatic rings. The van der Waals surface area contributed by atoms with Crippen molar-refractivity contribution in [1.29, 1.82) is 0 Å². The van der Waals surface area contributed by atoms with E-state index >= 15 is 0 Å². The molecule has 20 heavy (non-hydrogen) atoms. The van der Waals surface area contributed by atoms with Crippen molar-refractivity contribution in [1.82, 2.24) is 9.78 Å². The Bertz CT molecular complexity index is 463. The SMILES string of the molecule is COCCn1ncc(Cl)c1C(O)CC1CC2CCC1C2. The molecule has 0 spiro atoms. The third-order valence-electron chi connectivity index (χ3n) is 5.07. The van der Waals surface area contributed by atoms with Gasteiger partial charge in [0.1, 0.15) is 0 Å².